The van der Waals surface area contributed by atoms with Crippen LogP contribution >= 0.6 is 0 Å². The highest BCUT2D eigenvalue weighted by molar-refractivity contribution is 6.10. The molecule has 1 N–H and O–H groups in total. The van der Waals surface area contributed by atoms with E-state index >= 15 is 0 Å². The minimum atomic E-state index is -0.543. The van der Waals surface area contributed by atoms with Crippen molar-refractivity contribution in [1.29, 1.82) is 0 Å². The van der Waals surface area contributed by atoms with Gasteiger partial charge in [0.1, 0.15) is 18.1 Å². The zero-order chi connectivity index (χ0) is 31.1. The minimum Gasteiger partial charge on any atom is -0.488 e. The number of hydrogen-bond donors (Lipinski definition) is 1. The second kappa shape index (κ2) is 14.0. The van der Waals surface area contributed by atoms with Crippen molar-refractivity contribution in [2.75, 3.05) is 27.1 Å². The molecule has 0 radical (unpaired) electrons. The molecule has 0 atom stereocenters. The lowest BCUT2D eigenvalue weighted by Gasteiger charge is -2.21. The molecule has 226 valence electrons. The van der Waals surface area contributed by atoms with Crippen molar-refractivity contribution in [3.8, 4) is 22.6 Å². The summed E-state index contributed by atoms with van der Waals surface area (Å²) < 4.78 is 28.3. The molecule has 0 bridgehead atoms. The monoisotopic (exact) mass is 594 g/mol. The number of esters is 2. The Bertz CT molecular complexity index is 1770. The molecule has 5 aromatic rings. The smallest absolute Gasteiger partial charge is 0.338 e. The quantitative estimate of drug-likeness (QED) is 0.121. The highest BCUT2D eigenvalue weighted by atomic mass is 16.7. The number of hydrogen-bond acceptors (Lipinski definition) is 8. The third-order valence-corrected chi connectivity index (χ3v) is 7.12. The number of rotatable bonds is 12. The Morgan fingerprint density at radius 1 is 0.705 bits per heavy atom. The maximum absolute atomic E-state index is 12.6. The van der Waals surface area contributed by atoms with Crippen LogP contribution in [0.3, 0.4) is 0 Å². The van der Waals surface area contributed by atoms with E-state index in [0.29, 0.717) is 22.6 Å². The third kappa shape index (κ3) is 6.37. The predicted octanol–water partition coefficient (Wildman–Crippen LogP) is 7.07. The van der Waals surface area contributed by atoms with E-state index in [4.69, 9.17) is 23.7 Å². The van der Waals surface area contributed by atoms with Crippen molar-refractivity contribution in [2.24, 2.45) is 0 Å². The van der Waals surface area contributed by atoms with Crippen LogP contribution in [0.5, 0.6) is 11.5 Å². The lowest BCUT2D eigenvalue weighted by molar-refractivity contribution is 0.0499. The lowest BCUT2D eigenvalue weighted by atomic mass is 9.90. The molecule has 0 fully saturated rings. The SMILES string of the molecule is CCOC(=O)c1cc(COc2ccc3ccccc3c2-c2c(OCOC)c(CO)cc3ccccc23)cc(C(=O)OCC)c1. The van der Waals surface area contributed by atoms with E-state index in [2.05, 4.69) is 0 Å². The average molecular weight is 595 g/mol. The Labute approximate surface area is 255 Å². The second-order valence-corrected chi connectivity index (χ2v) is 9.98. The molecule has 0 aromatic heterocycles. The first-order valence-corrected chi connectivity index (χ1v) is 14.4. The normalized spacial score (nSPS) is 11.0. The number of benzene rings is 5. The number of carbonyl (C=O) groups excluding carboxylic acids is 2. The van der Waals surface area contributed by atoms with Crippen LogP contribution in [-0.2, 0) is 27.4 Å². The first-order chi connectivity index (χ1) is 21.5. The average Bonchev–Trinajstić information content (AvgIpc) is 3.05. The molecule has 0 saturated carbocycles. The van der Waals surface area contributed by atoms with Gasteiger partial charge >= 0.3 is 11.9 Å². The van der Waals surface area contributed by atoms with E-state index in [-0.39, 0.29) is 44.3 Å². The maximum atomic E-state index is 12.6. The Morgan fingerprint density at radius 3 is 1.93 bits per heavy atom. The van der Waals surface area contributed by atoms with Gasteiger partial charge in [-0.25, -0.2) is 9.59 Å². The Kier molecular flexibility index (Phi) is 9.74. The molecule has 0 unspecified atom stereocenters. The zero-order valence-corrected chi connectivity index (χ0v) is 24.9. The minimum absolute atomic E-state index is 0.0173. The number of fused-ring (bicyclic) bond motifs is 2. The molecule has 0 aliphatic heterocycles. The van der Waals surface area contributed by atoms with Gasteiger partial charge in [0.15, 0.2) is 6.79 Å². The molecule has 5 aromatic carbocycles. The van der Waals surface area contributed by atoms with Gasteiger partial charge in [-0.05, 0) is 71.3 Å². The number of ether oxygens (including phenoxy) is 5. The van der Waals surface area contributed by atoms with Gasteiger partial charge in [-0.1, -0.05) is 54.6 Å². The topological polar surface area (TPSA) is 101 Å². The summed E-state index contributed by atoms with van der Waals surface area (Å²) in [6.45, 7) is 3.62. The van der Waals surface area contributed by atoms with Gasteiger partial charge in [0.05, 0.1) is 30.9 Å². The van der Waals surface area contributed by atoms with E-state index in [1.54, 1.807) is 33.1 Å². The number of carbonyl (C=O) groups is 2. The molecule has 5 rings (SSSR count). The molecule has 0 amide bonds. The fourth-order valence-corrected chi connectivity index (χ4v) is 5.27. The van der Waals surface area contributed by atoms with Gasteiger partial charge in [-0.3, -0.25) is 0 Å². The van der Waals surface area contributed by atoms with Crippen molar-refractivity contribution in [3.05, 3.63) is 107 Å². The van der Waals surface area contributed by atoms with Crippen LogP contribution in [0.15, 0.2) is 84.9 Å². The maximum Gasteiger partial charge on any atom is 0.338 e. The van der Waals surface area contributed by atoms with Gasteiger partial charge in [-0.15, -0.1) is 0 Å². The van der Waals surface area contributed by atoms with Crippen LogP contribution in [0.2, 0.25) is 0 Å². The summed E-state index contributed by atoms with van der Waals surface area (Å²) in [6, 6.07) is 26.4. The Hall–Kier alpha value is -4.92. The molecular formula is C36H34O8. The number of methoxy groups -OCH3 is 1. The van der Waals surface area contributed by atoms with Crippen molar-refractivity contribution in [1.82, 2.24) is 0 Å². The van der Waals surface area contributed by atoms with E-state index < -0.39 is 11.9 Å². The van der Waals surface area contributed by atoms with Crippen molar-refractivity contribution in [2.45, 2.75) is 27.1 Å². The van der Waals surface area contributed by atoms with Crippen LogP contribution in [0, 0.1) is 0 Å². The van der Waals surface area contributed by atoms with Crippen molar-refractivity contribution >= 4 is 33.5 Å². The predicted molar refractivity (Wildman–Crippen MR) is 168 cm³/mol. The van der Waals surface area contributed by atoms with Gasteiger partial charge in [0.25, 0.3) is 0 Å². The molecule has 8 nitrogen and oxygen atoms in total. The molecule has 8 heteroatoms. The summed E-state index contributed by atoms with van der Waals surface area (Å²) >= 11 is 0. The van der Waals surface area contributed by atoms with Crippen LogP contribution in [-0.4, -0.2) is 44.2 Å². The summed E-state index contributed by atoms with van der Waals surface area (Å²) in [5.41, 5.74) is 3.17. The number of aliphatic hydroxyl groups is 1. The molecule has 0 saturated heterocycles. The molecular weight excluding hydrogens is 560 g/mol. The molecule has 0 aliphatic rings. The summed E-state index contributed by atoms with van der Waals surface area (Å²) in [7, 11) is 1.54. The van der Waals surface area contributed by atoms with Gasteiger partial charge in [0, 0.05) is 23.8 Å². The summed E-state index contributed by atoms with van der Waals surface area (Å²) in [5.74, 6) is -0.0504. The molecule has 0 spiro atoms. The highest BCUT2D eigenvalue weighted by Crippen LogP contribution is 2.47. The first-order valence-electron chi connectivity index (χ1n) is 14.4. The first kappa shape index (κ1) is 30.5. The standard InChI is InChI=1S/C36H34O8/c1-4-41-35(38)26-16-23(17-27(19-26)36(39)42-5-2)21-43-31-15-14-24-10-6-8-12-29(24)32(31)33-30-13-9-7-11-25(30)18-28(20-37)34(33)44-22-40-3/h6-19,37H,4-5,20-22H2,1-3H3. The van der Waals surface area contributed by atoms with Crippen LogP contribution in [0.1, 0.15) is 45.7 Å². The van der Waals surface area contributed by atoms with Crippen molar-refractivity contribution < 1.29 is 38.4 Å². The van der Waals surface area contributed by atoms with Crippen LogP contribution in [0.25, 0.3) is 32.7 Å². The van der Waals surface area contributed by atoms with Crippen LogP contribution in [0.4, 0.5) is 0 Å². The van der Waals surface area contributed by atoms with E-state index in [0.717, 1.165) is 32.7 Å². The molecule has 0 aliphatic carbocycles. The summed E-state index contributed by atoms with van der Waals surface area (Å²) in [4.78, 5) is 25.3. The third-order valence-electron chi connectivity index (χ3n) is 7.12. The van der Waals surface area contributed by atoms with E-state index in [1.165, 1.54) is 6.07 Å². The fraction of sp³-hybridized carbons (Fsp3) is 0.222. The highest BCUT2D eigenvalue weighted by Gasteiger charge is 2.23. The zero-order valence-electron chi connectivity index (χ0n) is 24.9. The number of aliphatic hydroxyl groups excluding tert-OH is 1. The van der Waals surface area contributed by atoms with Gasteiger partial charge < -0.3 is 28.8 Å². The summed E-state index contributed by atoms with van der Waals surface area (Å²) in [5, 5.41) is 14.1. The Morgan fingerprint density at radius 2 is 1.32 bits per heavy atom. The van der Waals surface area contributed by atoms with Gasteiger partial charge in [-0.2, -0.15) is 0 Å². The lowest BCUT2D eigenvalue weighted by Crippen LogP contribution is -2.11. The molecule has 0 heterocycles. The fourth-order valence-electron chi connectivity index (χ4n) is 5.27. The van der Waals surface area contributed by atoms with E-state index in [9.17, 15) is 14.7 Å². The second-order valence-electron chi connectivity index (χ2n) is 9.98. The molecule has 44 heavy (non-hydrogen) atoms. The Balaban J connectivity index is 1.68. The van der Waals surface area contributed by atoms with Crippen LogP contribution < -0.4 is 9.47 Å². The largest absolute Gasteiger partial charge is 0.488 e. The summed E-state index contributed by atoms with van der Waals surface area (Å²) in [6.07, 6.45) is 0. The van der Waals surface area contributed by atoms with Gasteiger partial charge in [0.2, 0.25) is 0 Å². The van der Waals surface area contributed by atoms with Crippen molar-refractivity contribution in [3.63, 3.8) is 0 Å². The van der Waals surface area contributed by atoms with E-state index in [1.807, 2.05) is 66.7 Å².